The lowest BCUT2D eigenvalue weighted by molar-refractivity contribution is -0.111. The Kier molecular flexibility index (Phi) is 9.33. The molecule has 2 aromatic rings. The van der Waals surface area contributed by atoms with Crippen LogP contribution in [0.1, 0.15) is 42.1 Å². The molecule has 38 heavy (non-hydrogen) atoms. The first-order valence-corrected chi connectivity index (χ1v) is 17.1. The van der Waals surface area contributed by atoms with E-state index in [1.54, 1.807) is 12.1 Å². The van der Waals surface area contributed by atoms with Crippen molar-refractivity contribution in [3.63, 3.8) is 0 Å². The van der Waals surface area contributed by atoms with Gasteiger partial charge in [0.1, 0.15) is 33.1 Å². The van der Waals surface area contributed by atoms with Crippen LogP contribution in [0.3, 0.4) is 0 Å². The molecule has 0 aliphatic carbocycles. The van der Waals surface area contributed by atoms with Crippen molar-refractivity contribution < 1.29 is 30.1 Å². The molecule has 3 aliphatic heterocycles. The Hall–Kier alpha value is -1.22. The Morgan fingerprint density at radius 1 is 1.13 bits per heavy atom. The van der Waals surface area contributed by atoms with Gasteiger partial charge in [-0.1, -0.05) is 49.5 Å². The molecular weight excluding hydrogens is 728 g/mol. The van der Waals surface area contributed by atoms with E-state index in [1.165, 1.54) is 0 Å². The first kappa shape index (κ1) is 28.3. The van der Waals surface area contributed by atoms with Gasteiger partial charge in [0.2, 0.25) is 5.76 Å². The van der Waals surface area contributed by atoms with Crippen LogP contribution >= 0.6 is 41.9 Å². The molecule has 0 radical (unpaired) electrons. The van der Waals surface area contributed by atoms with E-state index >= 15 is 0 Å². The fourth-order valence-corrected chi connectivity index (χ4v) is 7.99. The molecule has 10 heteroatoms. The second-order valence-electron chi connectivity index (χ2n) is 9.77. The molecule has 4 nitrogen and oxygen atoms in total. The molecule has 2 aromatic carbocycles. The largest absolute Gasteiger partial charge is 0.450 e. The maximum absolute atomic E-state index is 14.1. The van der Waals surface area contributed by atoms with Crippen LogP contribution in [0.4, 0.5) is 17.6 Å². The number of ether oxygens (including phenoxy) is 2. The third kappa shape index (κ3) is 7.29. The molecule has 0 aromatic heterocycles. The molecule has 5 rings (SSSR count). The van der Waals surface area contributed by atoms with Gasteiger partial charge in [-0.25, -0.2) is 4.39 Å². The van der Waals surface area contributed by atoms with E-state index in [9.17, 15) is 17.6 Å². The smallest absolute Gasteiger partial charge is 0.430 e. The van der Waals surface area contributed by atoms with Gasteiger partial charge < -0.3 is 17.9 Å². The molecule has 3 heterocycles. The van der Waals surface area contributed by atoms with Gasteiger partial charge in [-0.3, -0.25) is 0 Å². The highest BCUT2D eigenvalue weighted by atomic mass is 127. The van der Waals surface area contributed by atoms with E-state index < -0.39 is 53.8 Å². The number of rotatable bonds is 8. The van der Waals surface area contributed by atoms with Crippen LogP contribution < -0.4 is 5.32 Å². The summed E-state index contributed by atoms with van der Waals surface area (Å²) in [5, 5.41) is 3.52. The van der Waals surface area contributed by atoms with Crippen molar-refractivity contribution in [1.29, 1.82) is 0 Å². The van der Waals surface area contributed by atoms with Gasteiger partial charge in [0.25, 0.3) is 0 Å². The van der Waals surface area contributed by atoms with Crippen LogP contribution in [-0.2, 0) is 19.1 Å². The zero-order valence-corrected chi connectivity index (χ0v) is 24.9. The second-order valence-corrected chi connectivity index (χ2v) is 13.8. The molecule has 4 unspecified atom stereocenters. The molecule has 1 N–H and O–H groups in total. The Labute approximate surface area is 240 Å². The summed E-state index contributed by atoms with van der Waals surface area (Å²) < 4.78 is 75.0. The maximum atomic E-state index is 14.1. The normalized spacial score (nSPS) is 25.9. The Morgan fingerprint density at radius 3 is 2.68 bits per heavy atom. The van der Waals surface area contributed by atoms with Crippen molar-refractivity contribution in [2.75, 3.05) is 19.8 Å². The lowest BCUT2D eigenvalue weighted by atomic mass is 9.86. The van der Waals surface area contributed by atoms with Crippen molar-refractivity contribution >= 4 is 49.9 Å². The van der Waals surface area contributed by atoms with Crippen LogP contribution in [0.2, 0.25) is 0 Å². The van der Waals surface area contributed by atoms with Gasteiger partial charge in [0, 0.05) is 29.3 Å². The van der Waals surface area contributed by atoms with Crippen LogP contribution in [0.5, 0.6) is 0 Å². The zero-order chi connectivity index (χ0) is 26.7. The van der Waals surface area contributed by atoms with E-state index in [2.05, 4.69) is 15.9 Å². The number of epoxide rings is 1. The Bertz CT molecular complexity index is 1220. The topological polar surface area (TPSA) is 43.0 Å². The number of halogens is 6. The molecule has 3 aliphatic rings. The summed E-state index contributed by atoms with van der Waals surface area (Å²) in [5.74, 6) is -0.371. The molecular formula is C28H29F4I2NO3. The van der Waals surface area contributed by atoms with E-state index in [-0.39, 0.29) is 18.0 Å². The first-order chi connectivity index (χ1) is 18.3. The second kappa shape index (κ2) is 12.5. The summed E-state index contributed by atoms with van der Waals surface area (Å²) in [6.07, 6.45) is -0.233. The minimum absolute atomic E-state index is 0.0369. The van der Waals surface area contributed by atoms with E-state index in [1.807, 2.05) is 24.3 Å². The average Bonchev–Trinajstić information content (AvgIpc) is 3.50. The molecule has 0 bridgehead atoms. The van der Waals surface area contributed by atoms with Crippen LogP contribution in [-0.4, -0.2) is 40.1 Å². The zero-order valence-electron chi connectivity index (χ0n) is 20.6. The highest BCUT2D eigenvalue weighted by molar-refractivity contribution is 14.2. The number of hydrogen-bond acceptors (Lipinski definition) is 4. The molecule has 0 saturated carbocycles. The molecule has 4 atom stereocenters. The summed E-state index contributed by atoms with van der Waals surface area (Å²) in [5.41, 5.74) is 2.77. The van der Waals surface area contributed by atoms with Crippen LogP contribution in [0, 0.1) is 21.2 Å². The molecule has 0 amide bonds. The lowest BCUT2D eigenvalue weighted by Gasteiger charge is -2.26. The molecule has 0 spiro atoms. The van der Waals surface area contributed by atoms with Gasteiger partial charge in [-0.15, -0.1) is 0 Å². The summed E-state index contributed by atoms with van der Waals surface area (Å²) in [6.45, 7) is 2.87. The summed E-state index contributed by atoms with van der Waals surface area (Å²) in [6, 6.07) is 12.8. The molecule has 2 fully saturated rings. The number of alkyl halides is 3. The third-order valence-electron chi connectivity index (χ3n) is 6.94. The first-order valence-electron chi connectivity index (χ1n) is 12.5. The summed E-state index contributed by atoms with van der Waals surface area (Å²) >= 11 is -1.55. The van der Waals surface area contributed by atoms with Crippen LogP contribution in [0.15, 0.2) is 54.3 Å². The average molecular weight is 757 g/mol. The SMILES string of the molecule is C=Ic1cc(F)cc(C2OC2C2CCCOCC(CNCc3ccc(C4=IOC(C(F)(F)F)=C4)cc3)C2)c1. The van der Waals surface area contributed by atoms with E-state index in [4.69, 9.17) is 12.5 Å². The Morgan fingerprint density at radius 2 is 1.95 bits per heavy atom. The quantitative estimate of drug-likeness (QED) is 0.180. The number of nitrogens with one attached hydrogen (secondary N) is 1. The fraction of sp³-hybridized carbons (Fsp3) is 0.429. The van der Waals surface area contributed by atoms with E-state index in [0.717, 1.165) is 58.8 Å². The lowest BCUT2D eigenvalue weighted by Crippen LogP contribution is -2.30. The predicted octanol–water partition coefficient (Wildman–Crippen LogP) is 6.94. The minimum atomic E-state index is -4.44. The number of benzene rings is 2. The molecule has 206 valence electrons. The Balaban J connectivity index is 1.13. The number of hydrogen-bond donors (Lipinski definition) is 1. The van der Waals surface area contributed by atoms with Gasteiger partial charge >= 0.3 is 6.18 Å². The summed E-state index contributed by atoms with van der Waals surface area (Å²) in [4.78, 5) is 0. The standard InChI is InChI=1S/C28H29F4I2NO3/c1-33-23-11-21(10-22(29)12-23)27-26(37-27)20-3-2-8-36-16-18(9-20)15-35-14-17-4-6-19(7-5-17)24-13-25(38-34-24)28(30,31)32/h4-7,10-13,18,20,26-27,35H,1-3,8-9,14-16H2. The van der Waals surface area contributed by atoms with Crippen molar-refractivity contribution in [3.05, 3.63) is 80.4 Å². The third-order valence-corrected chi connectivity index (χ3v) is 10.6. The minimum Gasteiger partial charge on any atom is -0.430 e. The van der Waals surface area contributed by atoms with Crippen molar-refractivity contribution in [2.24, 2.45) is 11.8 Å². The van der Waals surface area contributed by atoms with Gasteiger partial charge in [-0.2, -0.15) is 13.2 Å². The number of allylic oxidation sites excluding steroid dienone is 2. The fourth-order valence-electron chi connectivity index (χ4n) is 5.02. The van der Waals surface area contributed by atoms with Crippen molar-refractivity contribution in [2.45, 2.75) is 44.2 Å². The van der Waals surface area contributed by atoms with Crippen molar-refractivity contribution in [3.8, 4) is 0 Å². The highest BCUT2D eigenvalue weighted by Crippen LogP contribution is 2.47. The predicted molar refractivity (Wildman–Crippen MR) is 157 cm³/mol. The van der Waals surface area contributed by atoms with Gasteiger partial charge in [-0.05, 0) is 66.0 Å². The van der Waals surface area contributed by atoms with Crippen LogP contribution in [0.25, 0.3) is 0 Å². The van der Waals surface area contributed by atoms with Gasteiger partial charge in [0.15, 0.2) is 0 Å². The molecule has 2 saturated heterocycles. The summed E-state index contributed by atoms with van der Waals surface area (Å²) in [7, 11) is 0. The van der Waals surface area contributed by atoms with Crippen molar-refractivity contribution in [1.82, 2.24) is 5.32 Å². The maximum Gasteiger partial charge on any atom is 0.450 e. The highest BCUT2D eigenvalue weighted by Gasteiger charge is 2.46. The monoisotopic (exact) mass is 757 g/mol. The van der Waals surface area contributed by atoms with Gasteiger partial charge in [0.05, 0.1) is 16.2 Å². The van der Waals surface area contributed by atoms with E-state index in [0.29, 0.717) is 28.5 Å².